The number of amides is 1. The van der Waals surface area contributed by atoms with Crippen molar-refractivity contribution in [1.82, 2.24) is 29.4 Å². The maximum absolute atomic E-state index is 13.7. The van der Waals surface area contributed by atoms with Gasteiger partial charge in [-0.3, -0.25) is 9.59 Å². The fraction of sp³-hybridized carbons (Fsp3) is 0.167. The largest absolute Gasteiger partial charge is 0.467 e. The molecule has 0 saturated heterocycles. The van der Waals surface area contributed by atoms with Crippen LogP contribution in [0.4, 0.5) is 0 Å². The molecule has 0 spiro atoms. The van der Waals surface area contributed by atoms with Crippen molar-refractivity contribution >= 4 is 16.8 Å². The average Bonchev–Trinajstić information content (AvgIpc) is 3.60. The van der Waals surface area contributed by atoms with E-state index in [1.54, 1.807) is 36.9 Å². The highest BCUT2D eigenvalue weighted by atomic mass is 16.3. The number of aryl methyl sites for hydroxylation is 1. The minimum absolute atomic E-state index is 0.229. The maximum atomic E-state index is 13.7. The van der Waals surface area contributed by atoms with Crippen LogP contribution in [-0.4, -0.2) is 30.0 Å². The average molecular weight is 442 g/mol. The Kier molecular flexibility index (Phi) is 5.14. The first kappa shape index (κ1) is 20.5. The number of hydrogen-bond acceptors (Lipinski definition) is 5. The highest BCUT2D eigenvalue weighted by Crippen LogP contribution is 2.25. The van der Waals surface area contributed by atoms with E-state index in [-0.39, 0.29) is 18.0 Å². The molecular formula is C24H22N6O3. The maximum Gasteiger partial charge on any atom is 0.280 e. The van der Waals surface area contributed by atoms with E-state index in [9.17, 15) is 9.59 Å². The fourth-order valence-electron chi connectivity index (χ4n) is 3.80. The van der Waals surface area contributed by atoms with Gasteiger partial charge in [0.15, 0.2) is 5.82 Å². The number of nitrogens with zero attached hydrogens (tertiary/aromatic N) is 5. The molecule has 0 radical (unpaired) electrons. The molecule has 1 aromatic carbocycles. The number of rotatable bonds is 6. The van der Waals surface area contributed by atoms with Crippen LogP contribution in [0.3, 0.4) is 0 Å². The third-order valence-electron chi connectivity index (χ3n) is 5.50. The van der Waals surface area contributed by atoms with Gasteiger partial charge in [-0.2, -0.15) is 10.2 Å². The normalized spacial score (nSPS) is 12.2. The number of hydrogen-bond donors (Lipinski definition) is 1. The van der Waals surface area contributed by atoms with Crippen LogP contribution in [0.1, 0.15) is 24.4 Å². The summed E-state index contributed by atoms with van der Waals surface area (Å²) in [5, 5.41) is 12.3. The van der Waals surface area contributed by atoms with Crippen LogP contribution in [0.5, 0.6) is 0 Å². The van der Waals surface area contributed by atoms with E-state index in [1.807, 2.05) is 59.4 Å². The van der Waals surface area contributed by atoms with Crippen LogP contribution >= 0.6 is 0 Å². The number of nitrogens with one attached hydrogen (secondary N) is 1. The molecule has 0 saturated carbocycles. The van der Waals surface area contributed by atoms with Crippen molar-refractivity contribution in [3.05, 3.63) is 95.1 Å². The highest BCUT2D eigenvalue weighted by Gasteiger charge is 2.25. The van der Waals surface area contributed by atoms with Crippen molar-refractivity contribution in [2.24, 2.45) is 0 Å². The van der Waals surface area contributed by atoms with Crippen molar-refractivity contribution < 1.29 is 9.21 Å². The topological polar surface area (TPSA) is 99.9 Å². The lowest BCUT2D eigenvalue weighted by Gasteiger charge is -2.15. The van der Waals surface area contributed by atoms with Crippen molar-refractivity contribution in [3.63, 3.8) is 0 Å². The smallest absolute Gasteiger partial charge is 0.280 e. The summed E-state index contributed by atoms with van der Waals surface area (Å²) in [4.78, 5) is 26.5. The summed E-state index contributed by atoms with van der Waals surface area (Å²) in [7, 11) is 0. The van der Waals surface area contributed by atoms with Crippen LogP contribution in [-0.2, 0) is 11.3 Å². The van der Waals surface area contributed by atoms with Crippen LogP contribution < -0.4 is 10.9 Å². The van der Waals surface area contributed by atoms with E-state index < -0.39 is 6.04 Å². The number of benzene rings is 1. The van der Waals surface area contributed by atoms with E-state index in [1.165, 1.54) is 4.68 Å². The summed E-state index contributed by atoms with van der Waals surface area (Å²) < 4.78 is 10.1. The van der Waals surface area contributed by atoms with Gasteiger partial charge >= 0.3 is 0 Å². The minimum Gasteiger partial charge on any atom is -0.467 e. The van der Waals surface area contributed by atoms with E-state index >= 15 is 0 Å². The number of carbonyl (C=O) groups excluding carboxylic acids is 1. The lowest BCUT2D eigenvalue weighted by molar-refractivity contribution is -0.124. The molecule has 9 heteroatoms. The third kappa shape index (κ3) is 3.63. The molecule has 1 atom stereocenters. The molecule has 0 aliphatic carbocycles. The van der Waals surface area contributed by atoms with E-state index in [2.05, 4.69) is 10.4 Å². The van der Waals surface area contributed by atoms with Crippen molar-refractivity contribution in [2.45, 2.75) is 26.4 Å². The molecule has 0 unspecified atom stereocenters. The standard InChI is InChI=1S/C24H22N6O3/c1-16-21-20(23(28-12-6-7-13-28)30(27-21)18-9-4-3-5-10-18)24(32)29(26-16)17(2)22(31)25-15-19-11-8-14-33-19/h3-14,17H,15H2,1-2H3,(H,25,31)/t17-/m0/s1. The first-order valence-electron chi connectivity index (χ1n) is 10.6. The molecule has 0 aliphatic heterocycles. The van der Waals surface area contributed by atoms with Crippen LogP contribution in [0.25, 0.3) is 22.4 Å². The summed E-state index contributed by atoms with van der Waals surface area (Å²) in [6.45, 7) is 3.66. The van der Waals surface area contributed by atoms with Gasteiger partial charge in [-0.05, 0) is 50.2 Å². The fourth-order valence-corrected chi connectivity index (χ4v) is 3.80. The number of fused-ring (bicyclic) bond motifs is 1. The molecule has 4 heterocycles. The highest BCUT2D eigenvalue weighted by molar-refractivity contribution is 5.88. The first-order valence-corrected chi connectivity index (χ1v) is 10.6. The predicted molar refractivity (Wildman–Crippen MR) is 122 cm³/mol. The van der Waals surface area contributed by atoms with Crippen molar-refractivity contribution in [3.8, 4) is 11.5 Å². The summed E-state index contributed by atoms with van der Waals surface area (Å²) in [6.07, 6.45) is 5.26. The van der Waals surface area contributed by atoms with Gasteiger partial charge in [-0.15, -0.1) is 0 Å². The Morgan fingerprint density at radius 1 is 1.06 bits per heavy atom. The van der Waals surface area contributed by atoms with Crippen LogP contribution in [0.2, 0.25) is 0 Å². The lowest BCUT2D eigenvalue weighted by atomic mass is 10.2. The molecule has 0 bridgehead atoms. The summed E-state index contributed by atoms with van der Waals surface area (Å²) in [6, 6.07) is 16.0. The predicted octanol–water partition coefficient (Wildman–Crippen LogP) is 3.15. The number of furan rings is 1. The molecule has 33 heavy (non-hydrogen) atoms. The molecule has 0 aliphatic rings. The first-order chi connectivity index (χ1) is 16.0. The minimum atomic E-state index is -0.826. The Bertz CT molecular complexity index is 1460. The number of carbonyl (C=O) groups is 1. The zero-order chi connectivity index (χ0) is 22.9. The lowest BCUT2D eigenvalue weighted by Crippen LogP contribution is -2.37. The van der Waals surface area contributed by atoms with Gasteiger partial charge in [0.25, 0.3) is 5.56 Å². The van der Waals surface area contributed by atoms with Crippen LogP contribution in [0.15, 0.2) is 82.5 Å². The molecule has 1 N–H and O–H groups in total. The summed E-state index contributed by atoms with van der Waals surface area (Å²) >= 11 is 0. The quantitative estimate of drug-likeness (QED) is 0.435. The van der Waals surface area contributed by atoms with E-state index in [0.29, 0.717) is 28.2 Å². The van der Waals surface area contributed by atoms with Crippen LogP contribution in [0, 0.1) is 6.92 Å². The summed E-state index contributed by atoms with van der Waals surface area (Å²) in [5.74, 6) is 0.882. The molecule has 166 valence electrons. The monoisotopic (exact) mass is 442 g/mol. The van der Waals surface area contributed by atoms with Gasteiger partial charge in [0.05, 0.1) is 24.2 Å². The van der Waals surface area contributed by atoms with Gasteiger partial charge in [-0.1, -0.05) is 18.2 Å². The van der Waals surface area contributed by atoms with Crippen molar-refractivity contribution in [2.75, 3.05) is 0 Å². The Balaban J connectivity index is 1.64. The SMILES string of the molecule is Cc1nn([C@@H](C)C(=O)NCc2ccco2)c(=O)c2c(-n3cccc3)n(-c3ccccc3)nc12. The molecule has 1 amide bonds. The Morgan fingerprint density at radius 2 is 1.82 bits per heavy atom. The zero-order valence-electron chi connectivity index (χ0n) is 18.2. The second-order valence-electron chi connectivity index (χ2n) is 7.69. The Hall–Kier alpha value is -4.40. The number of para-hydroxylation sites is 1. The van der Waals surface area contributed by atoms with Gasteiger partial charge < -0.3 is 14.3 Å². The van der Waals surface area contributed by atoms with E-state index in [4.69, 9.17) is 9.52 Å². The second kappa shape index (κ2) is 8.27. The van der Waals surface area contributed by atoms with Crippen molar-refractivity contribution in [1.29, 1.82) is 0 Å². The van der Waals surface area contributed by atoms with Gasteiger partial charge in [0, 0.05) is 12.4 Å². The molecule has 0 fully saturated rings. The Morgan fingerprint density at radius 3 is 2.52 bits per heavy atom. The van der Waals surface area contributed by atoms with Gasteiger partial charge in [0.1, 0.15) is 22.7 Å². The third-order valence-corrected chi connectivity index (χ3v) is 5.50. The molecule has 5 aromatic rings. The second-order valence-corrected chi connectivity index (χ2v) is 7.69. The summed E-state index contributed by atoms with van der Waals surface area (Å²) in [5.41, 5.74) is 1.47. The van der Waals surface area contributed by atoms with Gasteiger partial charge in [-0.25, -0.2) is 9.36 Å². The molecular weight excluding hydrogens is 420 g/mol. The molecule has 9 nitrogen and oxygen atoms in total. The molecule has 4 aromatic heterocycles. The van der Waals surface area contributed by atoms with Gasteiger partial charge in [0.2, 0.25) is 5.91 Å². The number of aromatic nitrogens is 5. The van der Waals surface area contributed by atoms with E-state index in [0.717, 1.165) is 5.69 Å². The molecule has 5 rings (SSSR count). The Labute approximate surface area is 188 Å². The zero-order valence-corrected chi connectivity index (χ0v) is 18.2.